The molecule has 2 amide bonds. The maximum Gasteiger partial charge on any atom is 0.271 e. The number of nitro groups is 1. The van der Waals surface area contributed by atoms with Gasteiger partial charge < -0.3 is 25.6 Å². The van der Waals surface area contributed by atoms with E-state index in [-0.39, 0.29) is 24.3 Å². The molecule has 10 nitrogen and oxygen atoms in total. The van der Waals surface area contributed by atoms with Crippen LogP contribution >= 0.6 is 0 Å². The Balaban J connectivity index is 2.22. The first kappa shape index (κ1) is 18.8. The van der Waals surface area contributed by atoms with Crippen molar-refractivity contribution in [2.24, 2.45) is 5.73 Å². The Labute approximate surface area is 143 Å². The normalized spacial score (nSPS) is 22.7. The molecule has 1 aliphatic rings. The molecule has 0 bridgehead atoms. The number of hydrogen-bond donors (Lipinski definition) is 3. The fraction of sp³-hybridized carbons (Fsp3) is 0.467. The Morgan fingerprint density at radius 1 is 1.28 bits per heavy atom. The van der Waals surface area contributed by atoms with Crippen LogP contribution in [0.2, 0.25) is 0 Å². The number of carbonyl (C=O) groups is 2. The number of aliphatic hydroxyl groups excluding tert-OH is 1. The number of non-ortho nitro benzene ring substituents is 1. The van der Waals surface area contributed by atoms with Crippen molar-refractivity contribution in [2.75, 3.05) is 13.2 Å². The second-order valence-corrected chi connectivity index (χ2v) is 6.06. The van der Waals surface area contributed by atoms with Crippen LogP contribution in [0.15, 0.2) is 18.2 Å². The van der Waals surface area contributed by atoms with Gasteiger partial charge in [0.1, 0.15) is 0 Å². The number of nitro benzene ring substituents is 1. The minimum atomic E-state index is -1.03. The molecular weight excluding hydrogens is 334 g/mol. The monoisotopic (exact) mass is 353 g/mol. The molecule has 2 unspecified atom stereocenters. The lowest BCUT2D eigenvalue weighted by Crippen LogP contribution is -2.47. The average Bonchev–Trinajstić information content (AvgIpc) is 2.67. The largest absolute Gasteiger partial charge is 0.388 e. The first-order valence-corrected chi connectivity index (χ1v) is 7.45. The average molecular weight is 353 g/mol. The fourth-order valence-corrected chi connectivity index (χ4v) is 2.22. The molecule has 1 saturated heterocycles. The maximum atomic E-state index is 12.4. The molecule has 0 radical (unpaired) electrons. The molecule has 10 heteroatoms. The van der Waals surface area contributed by atoms with Crippen LogP contribution in [0.4, 0.5) is 5.69 Å². The van der Waals surface area contributed by atoms with E-state index in [0.717, 1.165) is 18.2 Å². The summed E-state index contributed by atoms with van der Waals surface area (Å²) in [4.78, 5) is 33.9. The van der Waals surface area contributed by atoms with Gasteiger partial charge >= 0.3 is 0 Å². The molecule has 1 aliphatic heterocycles. The number of aliphatic hydroxyl groups is 1. The SMILES string of the molecule is CC1(C)OCC(O)C(NC(=O)c2cc(C(N)=O)cc([N+](=O)[O-])c2)CO1. The third-order valence-electron chi connectivity index (χ3n) is 3.67. The summed E-state index contributed by atoms with van der Waals surface area (Å²) in [5.41, 5.74) is 4.41. The predicted octanol–water partition coefficient (Wildman–Crippen LogP) is -0.0641. The number of nitrogens with zero attached hydrogens (tertiary/aromatic N) is 1. The summed E-state index contributed by atoms with van der Waals surface area (Å²) < 4.78 is 10.8. The highest BCUT2D eigenvalue weighted by atomic mass is 16.7. The summed E-state index contributed by atoms with van der Waals surface area (Å²) >= 11 is 0. The third-order valence-corrected chi connectivity index (χ3v) is 3.67. The highest BCUT2D eigenvalue weighted by molar-refractivity contribution is 6.00. The highest BCUT2D eigenvalue weighted by Gasteiger charge is 2.32. The van der Waals surface area contributed by atoms with Gasteiger partial charge in [0, 0.05) is 23.3 Å². The molecule has 1 aromatic rings. The van der Waals surface area contributed by atoms with Gasteiger partial charge in [0.05, 0.1) is 30.3 Å². The van der Waals surface area contributed by atoms with Crippen LogP contribution in [-0.4, -0.2) is 53.0 Å². The number of benzene rings is 1. The van der Waals surface area contributed by atoms with E-state index in [9.17, 15) is 24.8 Å². The predicted molar refractivity (Wildman–Crippen MR) is 84.9 cm³/mol. The molecule has 0 spiro atoms. The Morgan fingerprint density at radius 3 is 2.48 bits per heavy atom. The number of nitrogens with two attached hydrogens (primary N) is 1. The van der Waals surface area contributed by atoms with E-state index in [1.807, 2.05) is 0 Å². The van der Waals surface area contributed by atoms with E-state index in [1.54, 1.807) is 13.8 Å². The molecule has 1 heterocycles. The van der Waals surface area contributed by atoms with E-state index >= 15 is 0 Å². The van der Waals surface area contributed by atoms with Crippen molar-refractivity contribution in [3.05, 3.63) is 39.4 Å². The van der Waals surface area contributed by atoms with Crippen LogP contribution in [0, 0.1) is 10.1 Å². The van der Waals surface area contributed by atoms with Gasteiger partial charge in [0.25, 0.3) is 11.6 Å². The molecule has 1 aromatic carbocycles. The lowest BCUT2D eigenvalue weighted by Gasteiger charge is -2.23. The zero-order valence-electron chi connectivity index (χ0n) is 13.7. The van der Waals surface area contributed by atoms with Gasteiger partial charge in [-0.2, -0.15) is 0 Å². The molecule has 25 heavy (non-hydrogen) atoms. The van der Waals surface area contributed by atoms with Gasteiger partial charge in [-0.1, -0.05) is 0 Å². The van der Waals surface area contributed by atoms with Gasteiger partial charge in [-0.05, 0) is 19.9 Å². The fourth-order valence-electron chi connectivity index (χ4n) is 2.22. The van der Waals surface area contributed by atoms with Gasteiger partial charge in [-0.3, -0.25) is 19.7 Å². The standard InChI is InChI=1S/C15H19N3O7/c1-15(2)24-6-11(12(19)7-25-15)17-14(21)9-3-8(13(16)20)4-10(5-9)18(22)23/h3-5,11-12,19H,6-7H2,1-2H3,(H2,16,20)(H,17,21). The highest BCUT2D eigenvalue weighted by Crippen LogP contribution is 2.19. The summed E-state index contributed by atoms with van der Waals surface area (Å²) in [7, 11) is 0. The van der Waals surface area contributed by atoms with E-state index < -0.39 is 40.4 Å². The van der Waals surface area contributed by atoms with Crippen LogP contribution in [0.3, 0.4) is 0 Å². The summed E-state index contributed by atoms with van der Waals surface area (Å²) in [6, 6.07) is 2.37. The molecule has 0 aliphatic carbocycles. The Hall–Kier alpha value is -2.56. The zero-order chi connectivity index (χ0) is 18.8. The maximum absolute atomic E-state index is 12.4. The van der Waals surface area contributed by atoms with Gasteiger partial charge in [-0.15, -0.1) is 0 Å². The first-order valence-electron chi connectivity index (χ1n) is 7.45. The third kappa shape index (κ3) is 4.72. The lowest BCUT2D eigenvalue weighted by atomic mass is 10.1. The molecule has 1 fully saturated rings. The van der Waals surface area contributed by atoms with Crippen LogP contribution < -0.4 is 11.1 Å². The van der Waals surface area contributed by atoms with E-state index in [2.05, 4.69) is 5.32 Å². The molecule has 136 valence electrons. The van der Waals surface area contributed by atoms with Crippen molar-refractivity contribution in [2.45, 2.75) is 31.8 Å². The van der Waals surface area contributed by atoms with E-state index in [0.29, 0.717) is 0 Å². The number of nitrogens with one attached hydrogen (secondary N) is 1. The number of primary amides is 1. The van der Waals surface area contributed by atoms with Crippen molar-refractivity contribution in [1.82, 2.24) is 5.32 Å². The van der Waals surface area contributed by atoms with Crippen molar-refractivity contribution in [1.29, 1.82) is 0 Å². The van der Waals surface area contributed by atoms with Crippen LogP contribution in [-0.2, 0) is 9.47 Å². The zero-order valence-corrected chi connectivity index (χ0v) is 13.7. The minimum absolute atomic E-state index is 0.0164. The minimum Gasteiger partial charge on any atom is -0.388 e. The van der Waals surface area contributed by atoms with Gasteiger partial charge in [0.2, 0.25) is 5.91 Å². The van der Waals surface area contributed by atoms with Crippen LogP contribution in [0.5, 0.6) is 0 Å². The molecule has 2 rings (SSSR count). The number of rotatable bonds is 4. The Bertz CT molecular complexity index is 672. The van der Waals surface area contributed by atoms with Crippen molar-refractivity contribution in [3.8, 4) is 0 Å². The number of hydrogen-bond acceptors (Lipinski definition) is 7. The Morgan fingerprint density at radius 2 is 1.88 bits per heavy atom. The van der Waals surface area contributed by atoms with E-state index in [4.69, 9.17) is 15.2 Å². The van der Waals surface area contributed by atoms with Crippen molar-refractivity contribution >= 4 is 17.5 Å². The molecule has 2 atom stereocenters. The molecular formula is C15H19N3O7. The number of carbonyl (C=O) groups excluding carboxylic acids is 2. The van der Waals surface area contributed by atoms with Crippen LogP contribution in [0.1, 0.15) is 34.6 Å². The topological polar surface area (TPSA) is 154 Å². The van der Waals surface area contributed by atoms with Gasteiger partial charge in [-0.25, -0.2) is 0 Å². The second kappa shape index (κ2) is 7.13. The lowest BCUT2D eigenvalue weighted by molar-refractivity contribution is -0.384. The van der Waals surface area contributed by atoms with Crippen molar-refractivity contribution in [3.63, 3.8) is 0 Å². The number of ether oxygens (including phenoxy) is 2. The second-order valence-electron chi connectivity index (χ2n) is 6.06. The van der Waals surface area contributed by atoms with Crippen molar-refractivity contribution < 1.29 is 29.1 Å². The number of amides is 2. The summed E-state index contributed by atoms with van der Waals surface area (Å²) in [5.74, 6) is -2.52. The molecule has 0 aromatic heterocycles. The van der Waals surface area contributed by atoms with Gasteiger partial charge in [0.15, 0.2) is 5.79 Å². The van der Waals surface area contributed by atoms with E-state index in [1.165, 1.54) is 0 Å². The molecule has 4 N–H and O–H groups in total. The smallest absolute Gasteiger partial charge is 0.271 e. The van der Waals surface area contributed by atoms with Crippen LogP contribution in [0.25, 0.3) is 0 Å². The Kier molecular flexibility index (Phi) is 5.36. The summed E-state index contributed by atoms with van der Waals surface area (Å²) in [6.45, 7) is 3.27. The summed E-state index contributed by atoms with van der Waals surface area (Å²) in [5, 5.41) is 23.5. The first-order chi connectivity index (χ1) is 11.6. The summed E-state index contributed by atoms with van der Waals surface area (Å²) in [6.07, 6.45) is -1.03. The molecule has 0 saturated carbocycles. The quantitative estimate of drug-likeness (QED) is 0.506.